The summed E-state index contributed by atoms with van der Waals surface area (Å²) in [6.07, 6.45) is 0. The molecule has 0 amide bonds. The molecule has 0 unspecified atom stereocenters. The molecule has 2 aromatic heterocycles. The van der Waals surface area contributed by atoms with Gasteiger partial charge in [0.1, 0.15) is 22.3 Å². The lowest BCUT2D eigenvalue weighted by Gasteiger charge is -2.32. The summed E-state index contributed by atoms with van der Waals surface area (Å²) in [6, 6.07) is 67.5. The van der Waals surface area contributed by atoms with E-state index < -0.39 is 0 Å². The van der Waals surface area contributed by atoms with Crippen molar-refractivity contribution < 1.29 is 8.83 Å². The first-order valence-corrected chi connectivity index (χ1v) is 25.2. The van der Waals surface area contributed by atoms with Crippen LogP contribution in [0.15, 0.2) is 191 Å². The van der Waals surface area contributed by atoms with Gasteiger partial charge in [-0.25, -0.2) is 0 Å². The number of aryl methyl sites for hydroxylation is 1. The Kier molecular flexibility index (Phi) is 7.91. The van der Waals surface area contributed by atoms with Gasteiger partial charge in [0.25, 0.3) is 0 Å². The summed E-state index contributed by atoms with van der Waals surface area (Å²) in [6.45, 7) is 16.7. The first-order chi connectivity index (χ1) is 34.4. The SMILES string of the molecule is Cc1cccc(-c2cc3c(c4c2oc2ccccc24)-c2ccc(N(c4ccc5c(c4)C(C)(C)c4c6c(c7c(oc8ccccc87)c4-5)-c4ccccc4C6(C)C)c4cccc5ccccc45)cc2C3(C)C)c1. The number of anilines is 3. The average Bonchev–Trinajstić information content (AvgIpc) is 4.14. The monoisotopic (exact) mass is 913 g/mol. The molecule has 12 aromatic rings. The highest BCUT2D eigenvalue weighted by Crippen LogP contribution is 2.64. The van der Waals surface area contributed by atoms with E-state index in [0.29, 0.717) is 0 Å². The van der Waals surface area contributed by atoms with E-state index in [1.165, 1.54) is 105 Å². The Labute approximate surface area is 413 Å². The maximum atomic E-state index is 7.07. The summed E-state index contributed by atoms with van der Waals surface area (Å²) in [5, 5.41) is 7.16. The van der Waals surface area contributed by atoms with Crippen LogP contribution in [0.5, 0.6) is 0 Å². The van der Waals surface area contributed by atoms with Crippen molar-refractivity contribution in [1.82, 2.24) is 0 Å². The minimum Gasteiger partial charge on any atom is -0.455 e. The number of fused-ring (bicyclic) bond motifs is 20. The van der Waals surface area contributed by atoms with E-state index in [9.17, 15) is 0 Å². The highest BCUT2D eigenvalue weighted by molar-refractivity contribution is 6.21. The minimum absolute atomic E-state index is 0.219. The molecule has 3 aliphatic rings. The summed E-state index contributed by atoms with van der Waals surface area (Å²) in [5.41, 5.74) is 25.6. The van der Waals surface area contributed by atoms with Gasteiger partial charge in [0.2, 0.25) is 0 Å². The summed E-state index contributed by atoms with van der Waals surface area (Å²) < 4.78 is 13.9. The molecule has 10 aromatic carbocycles. The van der Waals surface area contributed by atoms with Crippen LogP contribution in [0, 0.1) is 6.92 Å². The second-order valence-corrected chi connectivity index (χ2v) is 22.0. The molecule has 3 nitrogen and oxygen atoms in total. The van der Waals surface area contributed by atoms with Crippen LogP contribution in [-0.4, -0.2) is 0 Å². The van der Waals surface area contributed by atoms with Gasteiger partial charge in [-0.1, -0.05) is 181 Å². The van der Waals surface area contributed by atoms with Gasteiger partial charge in [-0.3, -0.25) is 0 Å². The fourth-order valence-electron chi connectivity index (χ4n) is 13.7. The van der Waals surface area contributed by atoms with E-state index in [-0.39, 0.29) is 16.2 Å². The van der Waals surface area contributed by atoms with Gasteiger partial charge in [-0.2, -0.15) is 0 Å². The van der Waals surface area contributed by atoms with E-state index in [0.717, 1.165) is 50.3 Å². The Hall–Kier alpha value is -8.14. The van der Waals surface area contributed by atoms with Crippen molar-refractivity contribution in [2.75, 3.05) is 4.90 Å². The predicted molar refractivity (Wildman–Crippen MR) is 296 cm³/mol. The quantitative estimate of drug-likeness (QED) is 0.176. The second-order valence-electron chi connectivity index (χ2n) is 22.0. The summed E-state index contributed by atoms with van der Waals surface area (Å²) in [5.74, 6) is 0. The fraction of sp³-hybridized carbons (Fsp3) is 0.147. The van der Waals surface area contributed by atoms with Crippen LogP contribution in [0.2, 0.25) is 0 Å². The van der Waals surface area contributed by atoms with Crippen molar-refractivity contribution in [3.8, 4) is 44.5 Å². The van der Waals surface area contributed by atoms with Crippen LogP contribution in [-0.2, 0) is 16.2 Å². The molecule has 340 valence electrons. The third-order valence-electron chi connectivity index (χ3n) is 17.0. The van der Waals surface area contributed by atoms with E-state index in [1.54, 1.807) is 0 Å². The normalized spacial score (nSPS) is 15.3. The zero-order chi connectivity index (χ0) is 47.9. The summed E-state index contributed by atoms with van der Waals surface area (Å²) in [4.78, 5) is 2.52. The molecule has 0 fully saturated rings. The first kappa shape index (κ1) is 40.7. The van der Waals surface area contributed by atoms with Crippen molar-refractivity contribution in [2.24, 2.45) is 0 Å². The number of rotatable bonds is 4. The molecule has 0 saturated carbocycles. The Morgan fingerprint density at radius 2 is 0.930 bits per heavy atom. The van der Waals surface area contributed by atoms with E-state index in [2.05, 4.69) is 235 Å². The molecular formula is C68H51NO2. The number of para-hydroxylation sites is 2. The number of hydrogen-bond acceptors (Lipinski definition) is 3. The zero-order valence-electron chi connectivity index (χ0n) is 41.1. The molecule has 0 spiro atoms. The number of furan rings is 2. The largest absolute Gasteiger partial charge is 0.455 e. The molecule has 0 radical (unpaired) electrons. The number of hydrogen-bond donors (Lipinski definition) is 0. The standard InChI is InChI=1S/C68H51NO2/c1-38-18-16-21-40(34-38)49-37-53-57(59-47-24-11-14-28-55(47)70-64(49)59)45-32-30-41(35-51(45)66(53,2)3)69(54-27-17-20-39-19-8-9-22-43(39)54)42-31-33-46-52(36-42)68(6,7)63-61(46)65-60(48-25-12-15-29-56(48)71-65)58-44-23-10-13-26-50(44)67(4,5)62(58)63/h8-37H,1-7H3. The maximum absolute atomic E-state index is 7.07. The van der Waals surface area contributed by atoms with Crippen LogP contribution >= 0.6 is 0 Å². The van der Waals surface area contributed by atoms with Crippen molar-refractivity contribution in [3.05, 3.63) is 221 Å². The number of nitrogens with zero attached hydrogens (tertiary/aromatic N) is 1. The zero-order valence-corrected chi connectivity index (χ0v) is 41.1. The van der Waals surface area contributed by atoms with Gasteiger partial charge < -0.3 is 13.7 Å². The molecule has 3 aliphatic carbocycles. The lowest BCUT2D eigenvalue weighted by molar-refractivity contribution is 0.600. The molecule has 0 atom stereocenters. The Bertz CT molecular complexity index is 4340. The van der Waals surface area contributed by atoms with Gasteiger partial charge in [0.15, 0.2) is 0 Å². The Morgan fingerprint density at radius 1 is 0.380 bits per heavy atom. The third kappa shape index (κ3) is 5.23. The van der Waals surface area contributed by atoms with E-state index in [4.69, 9.17) is 8.83 Å². The molecule has 0 aliphatic heterocycles. The lowest BCUT2D eigenvalue weighted by Crippen LogP contribution is -2.24. The van der Waals surface area contributed by atoms with Gasteiger partial charge in [-0.05, 0) is 128 Å². The molecular weight excluding hydrogens is 863 g/mol. The fourth-order valence-corrected chi connectivity index (χ4v) is 13.7. The number of benzene rings is 10. The van der Waals surface area contributed by atoms with Crippen molar-refractivity contribution in [1.29, 1.82) is 0 Å². The third-order valence-corrected chi connectivity index (χ3v) is 17.0. The summed E-state index contributed by atoms with van der Waals surface area (Å²) in [7, 11) is 0. The average molecular weight is 914 g/mol. The molecule has 71 heavy (non-hydrogen) atoms. The smallest absolute Gasteiger partial charge is 0.144 e. The van der Waals surface area contributed by atoms with Gasteiger partial charge in [0.05, 0.1) is 5.69 Å². The highest BCUT2D eigenvalue weighted by atomic mass is 16.3. The molecule has 0 saturated heterocycles. The van der Waals surface area contributed by atoms with Crippen LogP contribution in [0.4, 0.5) is 17.1 Å². The van der Waals surface area contributed by atoms with Crippen molar-refractivity contribution in [3.63, 3.8) is 0 Å². The predicted octanol–water partition coefficient (Wildman–Crippen LogP) is 19.0. The second kappa shape index (κ2) is 13.8. The van der Waals surface area contributed by atoms with E-state index >= 15 is 0 Å². The van der Waals surface area contributed by atoms with Gasteiger partial charge in [0, 0.05) is 65.7 Å². The van der Waals surface area contributed by atoms with Crippen LogP contribution in [0.25, 0.3) is 99.2 Å². The van der Waals surface area contributed by atoms with Gasteiger partial charge in [-0.15, -0.1) is 0 Å². The van der Waals surface area contributed by atoms with Crippen molar-refractivity contribution >= 4 is 71.7 Å². The molecule has 15 rings (SSSR count). The molecule has 0 bridgehead atoms. The topological polar surface area (TPSA) is 29.5 Å². The van der Waals surface area contributed by atoms with Crippen LogP contribution in [0.1, 0.15) is 80.5 Å². The Balaban J connectivity index is 0.969. The van der Waals surface area contributed by atoms with Crippen LogP contribution < -0.4 is 4.90 Å². The Morgan fingerprint density at radius 3 is 1.66 bits per heavy atom. The maximum Gasteiger partial charge on any atom is 0.144 e. The molecule has 2 heterocycles. The van der Waals surface area contributed by atoms with Gasteiger partial charge >= 0.3 is 0 Å². The van der Waals surface area contributed by atoms with E-state index in [1.807, 2.05) is 0 Å². The van der Waals surface area contributed by atoms with Crippen LogP contribution in [0.3, 0.4) is 0 Å². The highest BCUT2D eigenvalue weighted by Gasteiger charge is 2.49. The first-order valence-electron chi connectivity index (χ1n) is 25.2. The summed E-state index contributed by atoms with van der Waals surface area (Å²) >= 11 is 0. The molecule has 0 N–H and O–H groups in total. The minimum atomic E-state index is -0.350. The van der Waals surface area contributed by atoms with Crippen molar-refractivity contribution in [2.45, 2.75) is 64.7 Å². The lowest BCUT2D eigenvalue weighted by atomic mass is 9.72. The molecule has 3 heteroatoms.